The maximum Gasteiger partial charge on any atom is 0.380 e. The first-order chi connectivity index (χ1) is 17.2. The lowest BCUT2D eigenvalue weighted by molar-refractivity contribution is -0.102. The van der Waals surface area contributed by atoms with Gasteiger partial charge in [-0.2, -0.15) is 13.6 Å². The van der Waals surface area contributed by atoms with Crippen LogP contribution in [0.15, 0.2) is 36.4 Å². The van der Waals surface area contributed by atoms with Gasteiger partial charge in [0.25, 0.3) is 0 Å². The van der Waals surface area contributed by atoms with Gasteiger partial charge in [0.05, 0.1) is 12.7 Å². The van der Waals surface area contributed by atoms with Crippen molar-refractivity contribution < 1.29 is 22.4 Å². The Morgan fingerprint density at radius 2 is 1.76 bits per heavy atom. The van der Waals surface area contributed by atoms with Gasteiger partial charge in [-0.25, -0.2) is 0 Å². The molecule has 3 aliphatic carbocycles. The van der Waals surface area contributed by atoms with Gasteiger partial charge >= 0.3 is 10.3 Å². The van der Waals surface area contributed by atoms with Gasteiger partial charge in [0, 0.05) is 6.42 Å². The maximum absolute atomic E-state index is 12.1. The van der Waals surface area contributed by atoms with Crippen LogP contribution in [0.2, 0.25) is 0 Å². The van der Waals surface area contributed by atoms with E-state index < -0.39 is 15.9 Å². The molecule has 0 unspecified atom stereocenters. The number of hydrogen-bond donors (Lipinski definition) is 2. The van der Waals surface area contributed by atoms with Crippen LogP contribution in [0.4, 0.5) is 0 Å². The van der Waals surface area contributed by atoms with Crippen LogP contribution in [-0.2, 0) is 28.6 Å². The van der Waals surface area contributed by atoms with Crippen molar-refractivity contribution in [1.29, 1.82) is 0 Å². The fraction of sp³-hybridized carbons (Fsp3) is 0.600. The number of aryl methyl sites for hydroxylation is 1. The third-order valence-corrected chi connectivity index (χ3v) is 10.3. The third-order valence-electron chi connectivity index (χ3n) is 9.85. The van der Waals surface area contributed by atoms with Gasteiger partial charge in [-0.05, 0) is 101 Å². The van der Waals surface area contributed by atoms with E-state index in [-0.39, 0.29) is 16.6 Å². The highest BCUT2D eigenvalue weighted by Gasteiger charge is 2.61. The molecule has 5 rings (SSSR count). The van der Waals surface area contributed by atoms with Gasteiger partial charge in [-0.3, -0.25) is 0 Å². The van der Waals surface area contributed by atoms with Crippen LogP contribution in [0, 0.1) is 17.3 Å². The largest absolute Gasteiger partial charge is 0.493 e. The SMILES string of the molecule is COc1cc2c(cc1OS(N)(=O)=O)CC[C@@H]1[C@@H]2CC[C@@]2(C)[C@H]1CC[C@@]2(O)Cc1ccc(C(C)(C)C)cc1. The monoisotopic (exact) mass is 527 g/mol. The van der Waals surface area contributed by atoms with Crippen molar-refractivity contribution in [3.63, 3.8) is 0 Å². The molecule has 0 amide bonds. The Kier molecular flexibility index (Phi) is 6.44. The number of nitrogens with two attached hydrogens (primary N) is 1. The maximum atomic E-state index is 12.1. The standard InChI is InChI=1S/C30H41NO5S/c1-28(2,3)21-9-6-19(7-10-21)18-30(32)15-13-25-23-11-8-20-16-27(36-37(31,33)34)26(35-5)17-24(20)22(23)12-14-29(25,30)4/h6-7,9-10,16-17,22-23,25,32H,8,11-15,18H2,1-5H3,(H2,31,33,34)/t22-,23+,25-,29-,30+/m0/s1. The first-order valence-corrected chi connectivity index (χ1v) is 15.0. The van der Waals surface area contributed by atoms with Gasteiger partial charge in [-0.1, -0.05) is 52.0 Å². The first kappa shape index (κ1) is 26.5. The number of fused-ring (bicyclic) bond motifs is 5. The van der Waals surface area contributed by atoms with E-state index in [4.69, 9.17) is 14.1 Å². The molecule has 2 fully saturated rings. The zero-order valence-electron chi connectivity index (χ0n) is 22.7. The van der Waals surface area contributed by atoms with Gasteiger partial charge in [0.15, 0.2) is 11.5 Å². The Balaban J connectivity index is 1.40. The summed E-state index contributed by atoms with van der Waals surface area (Å²) in [5.41, 5.74) is 4.13. The van der Waals surface area contributed by atoms with Gasteiger partial charge < -0.3 is 14.0 Å². The zero-order chi connectivity index (χ0) is 26.8. The van der Waals surface area contributed by atoms with Crippen LogP contribution < -0.4 is 14.1 Å². The molecule has 0 spiro atoms. The Labute approximate surface area is 221 Å². The van der Waals surface area contributed by atoms with Crippen LogP contribution in [0.25, 0.3) is 0 Å². The third kappa shape index (κ3) is 4.68. The minimum Gasteiger partial charge on any atom is -0.493 e. The lowest BCUT2D eigenvalue weighted by Crippen LogP contribution is -2.51. The molecule has 0 aromatic heterocycles. The summed E-state index contributed by atoms with van der Waals surface area (Å²) in [7, 11) is -2.62. The molecule has 0 heterocycles. The highest BCUT2D eigenvalue weighted by Crippen LogP contribution is 2.65. The van der Waals surface area contributed by atoms with Gasteiger partial charge in [-0.15, -0.1) is 0 Å². The molecule has 0 radical (unpaired) electrons. The van der Waals surface area contributed by atoms with Crippen molar-refractivity contribution in [2.75, 3.05) is 7.11 Å². The second kappa shape index (κ2) is 8.99. The smallest absolute Gasteiger partial charge is 0.380 e. The molecular weight excluding hydrogens is 486 g/mol. The van der Waals surface area contributed by atoms with Crippen molar-refractivity contribution in [3.05, 3.63) is 58.7 Å². The first-order valence-electron chi connectivity index (χ1n) is 13.5. The van der Waals surface area contributed by atoms with E-state index in [0.717, 1.165) is 44.1 Å². The quantitative estimate of drug-likeness (QED) is 0.542. The van der Waals surface area contributed by atoms with E-state index in [1.807, 2.05) is 6.07 Å². The van der Waals surface area contributed by atoms with Crippen LogP contribution in [0.3, 0.4) is 0 Å². The summed E-state index contributed by atoms with van der Waals surface area (Å²) in [6, 6.07) is 12.6. The van der Waals surface area contributed by atoms with E-state index in [1.165, 1.54) is 23.8 Å². The molecule has 7 heteroatoms. The van der Waals surface area contributed by atoms with Gasteiger partial charge in [0.1, 0.15) is 0 Å². The van der Waals surface area contributed by atoms with Crippen LogP contribution in [-0.4, -0.2) is 26.2 Å². The van der Waals surface area contributed by atoms with Crippen LogP contribution in [0.1, 0.15) is 88.0 Å². The summed E-state index contributed by atoms with van der Waals surface area (Å²) in [6.07, 6.45) is 6.39. The van der Waals surface area contributed by atoms with Gasteiger partial charge in [0.2, 0.25) is 0 Å². The molecule has 37 heavy (non-hydrogen) atoms. The van der Waals surface area contributed by atoms with Crippen LogP contribution in [0.5, 0.6) is 11.5 Å². The Morgan fingerprint density at radius 3 is 2.38 bits per heavy atom. The number of benzene rings is 2. The Morgan fingerprint density at radius 1 is 1.05 bits per heavy atom. The van der Waals surface area contributed by atoms with E-state index in [2.05, 4.69) is 52.0 Å². The molecule has 0 saturated heterocycles. The average Bonchev–Trinajstić information content (AvgIpc) is 3.07. The molecule has 0 aliphatic heterocycles. The summed E-state index contributed by atoms with van der Waals surface area (Å²) >= 11 is 0. The molecule has 6 nitrogen and oxygen atoms in total. The predicted octanol–water partition coefficient (Wildman–Crippen LogP) is 5.40. The highest BCUT2D eigenvalue weighted by molar-refractivity contribution is 7.84. The molecule has 2 saturated carbocycles. The molecule has 2 aromatic carbocycles. The van der Waals surface area contributed by atoms with E-state index in [0.29, 0.717) is 29.9 Å². The molecular formula is C30H41NO5S. The van der Waals surface area contributed by atoms with Crippen molar-refractivity contribution >= 4 is 10.3 Å². The molecule has 0 bridgehead atoms. The fourth-order valence-corrected chi connectivity index (χ4v) is 8.17. The minimum absolute atomic E-state index is 0.115. The summed E-state index contributed by atoms with van der Waals surface area (Å²) in [5.74, 6) is 1.84. The van der Waals surface area contributed by atoms with E-state index in [9.17, 15) is 13.5 Å². The lowest BCUT2D eigenvalue weighted by atomic mass is 9.52. The number of hydrogen-bond acceptors (Lipinski definition) is 5. The van der Waals surface area contributed by atoms with Crippen LogP contribution >= 0.6 is 0 Å². The zero-order valence-corrected chi connectivity index (χ0v) is 23.5. The van der Waals surface area contributed by atoms with Crippen molar-refractivity contribution in [3.8, 4) is 11.5 Å². The minimum atomic E-state index is -4.14. The average molecular weight is 528 g/mol. The molecule has 202 valence electrons. The summed E-state index contributed by atoms with van der Waals surface area (Å²) < 4.78 is 33.6. The van der Waals surface area contributed by atoms with E-state index in [1.54, 1.807) is 6.07 Å². The molecule has 3 aliphatic rings. The topological polar surface area (TPSA) is 98.9 Å². The van der Waals surface area contributed by atoms with Crippen molar-refractivity contribution in [2.45, 2.75) is 89.6 Å². The van der Waals surface area contributed by atoms with Crippen molar-refractivity contribution in [2.24, 2.45) is 22.4 Å². The van der Waals surface area contributed by atoms with E-state index >= 15 is 0 Å². The number of rotatable bonds is 5. The summed E-state index contributed by atoms with van der Waals surface area (Å²) in [5, 5.41) is 17.3. The fourth-order valence-electron chi connectivity index (χ4n) is 7.79. The number of methoxy groups -OCH3 is 1. The summed E-state index contributed by atoms with van der Waals surface area (Å²) in [6.45, 7) is 9.00. The highest BCUT2D eigenvalue weighted by atomic mass is 32.2. The number of ether oxygens (including phenoxy) is 1. The molecule has 5 atom stereocenters. The molecule has 2 aromatic rings. The molecule has 3 N–H and O–H groups in total. The predicted molar refractivity (Wildman–Crippen MR) is 145 cm³/mol. The van der Waals surface area contributed by atoms with Crippen molar-refractivity contribution in [1.82, 2.24) is 0 Å². The second-order valence-electron chi connectivity index (χ2n) is 12.8. The Hall–Kier alpha value is -2.09. The second-order valence-corrected chi connectivity index (χ2v) is 14.0. The normalized spacial score (nSPS) is 31.3. The Bertz CT molecular complexity index is 1280. The number of aliphatic hydroxyl groups is 1. The summed E-state index contributed by atoms with van der Waals surface area (Å²) in [4.78, 5) is 0. The lowest BCUT2D eigenvalue weighted by Gasteiger charge is -2.53.